The van der Waals surface area contributed by atoms with Gasteiger partial charge in [-0.1, -0.05) is 68.3 Å². The smallest absolute Gasteiger partial charge is 0.124 e. The molecule has 0 aliphatic heterocycles. The lowest BCUT2D eigenvalue weighted by atomic mass is 10.1. The van der Waals surface area contributed by atoms with Crippen molar-refractivity contribution < 1.29 is 10.2 Å². The van der Waals surface area contributed by atoms with Gasteiger partial charge in [-0.15, -0.1) is 0 Å². The average molecular weight is 576 g/mol. The van der Waals surface area contributed by atoms with Crippen LogP contribution in [0.2, 0.25) is 0 Å². The van der Waals surface area contributed by atoms with Gasteiger partial charge in [0, 0.05) is 32.5 Å². The molecule has 0 aliphatic carbocycles. The molecule has 0 radical (unpaired) electrons. The zero-order chi connectivity index (χ0) is 23.9. The normalized spacial score (nSPS) is 11.7. The molecule has 4 rings (SSSR count). The standard InChI is InChI=1S/C28H20Br2N2O2/c29-23-7-13-27(33)21(15-23)17-31-25-9-3-19(4-10-25)1-2-20-5-11-26(12-6-20)32-18-22-16-24(30)8-14-28(22)34/h1-18,33-34H. The van der Waals surface area contributed by atoms with Gasteiger partial charge in [-0.05, 0) is 71.8 Å². The predicted molar refractivity (Wildman–Crippen MR) is 148 cm³/mol. The monoisotopic (exact) mass is 574 g/mol. The van der Waals surface area contributed by atoms with Gasteiger partial charge in [0.05, 0.1) is 11.4 Å². The molecule has 34 heavy (non-hydrogen) atoms. The van der Waals surface area contributed by atoms with Crippen LogP contribution in [0.3, 0.4) is 0 Å². The molecule has 4 aromatic carbocycles. The van der Waals surface area contributed by atoms with Crippen molar-refractivity contribution in [2.45, 2.75) is 0 Å². The van der Waals surface area contributed by atoms with E-state index in [9.17, 15) is 10.2 Å². The molecule has 0 saturated heterocycles. The summed E-state index contributed by atoms with van der Waals surface area (Å²) in [5.41, 5.74) is 5.01. The number of hydrogen-bond donors (Lipinski definition) is 2. The van der Waals surface area contributed by atoms with Gasteiger partial charge in [0.25, 0.3) is 0 Å². The lowest BCUT2D eigenvalue weighted by Gasteiger charge is -2.00. The number of hydrogen-bond acceptors (Lipinski definition) is 4. The van der Waals surface area contributed by atoms with E-state index in [1.807, 2.05) is 72.8 Å². The number of rotatable bonds is 6. The first-order valence-corrected chi connectivity index (χ1v) is 12.0. The summed E-state index contributed by atoms with van der Waals surface area (Å²) in [7, 11) is 0. The maximum absolute atomic E-state index is 9.91. The molecule has 0 amide bonds. The predicted octanol–water partition coefficient (Wildman–Crippen LogP) is 8.29. The van der Waals surface area contributed by atoms with Crippen LogP contribution >= 0.6 is 31.9 Å². The topological polar surface area (TPSA) is 65.2 Å². The van der Waals surface area contributed by atoms with Crippen molar-refractivity contribution in [2.75, 3.05) is 0 Å². The third kappa shape index (κ3) is 6.53. The van der Waals surface area contributed by atoms with E-state index in [0.29, 0.717) is 11.1 Å². The van der Waals surface area contributed by atoms with Crippen molar-refractivity contribution in [3.8, 4) is 11.5 Å². The zero-order valence-corrected chi connectivity index (χ0v) is 21.1. The number of benzene rings is 4. The summed E-state index contributed by atoms with van der Waals surface area (Å²) in [5.74, 6) is 0.379. The highest BCUT2D eigenvalue weighted by molar-refractivity contribution is 9.10. The molecule has 0 heterocycles. The van der Waals surface area contributed by atoms with Crippen LogP contribution in [0.4, 0.5) is 11.4 Å². The molecule has 6 heteroatoms. The minimum Gasteiger partial charge on any atom is -0.507 e. The first-order valence-electron chi connectivity index (χ1n) is 10.4. The Hall–Kier alpha value is -3.48. The van der Waals surface area contributed by atoms with Crippen LogP contribution in [-0.4, -0.2) is 22.6 Å². The number of nitrogens with zero attached hydrogens (tertiary/aromatic N) is 2. The van der Waals surface area contributed by atoms with Crippen molar-refractivity contribution in [3.05, 3.63) is 116 Å². The summed E-state index contributed by atoms with van der Waals surface area (Å²) < 4.78 is 1.77. The van der Waals surface area contributed by atoms with E-state index < -0.39 is 0 Å². The van der Waals surface area contributed by atoms with Crippen molar-refractivity contribution in [2.24, 2.45) is 9.98 Å². The molecular weight excluding hydrogens is 556 g/mol. The molecule has 0 fully saturated rings. The Morgan fingerprint density at radius 3 is 1.29 bits per heavy atom. The van der Waals surface area contributed by atoms with Gasteiger partial charge >= 0.3 is 0 Å². The van der Waals surface area contributed by atoms with E-state index in [-0.39, 0.29) is 11.5 Å². The van der Waals surface area contributed by atoms with Crippen LogP contribution in [0, 0.1) is 0 Å². The number of aromatic hydroxyl groups is 2. The number of aliphatic imine (C=N–C) groups is 2. The van der Waals surface area contributed by atoms with Gasteiger partial charge in [-0.3, -0.25) is 9.98 Å². The van der Waals surface area contributed by atoms with E-state index in [0.717, 1.165) is 31.4 Å². The SMILES string of the molecule is Oc1ccc(Br)cc1C=Nc1ccc(C=Cc2ccc(N=Cc3cc(Br)ccc3O)cc2)cc1. The molecule has 4 aromatic rings. The van der Waals surface area contributed by atoms with Crippen molar-refractivity contribution >= 4 is 67.8 Å². The highest BCUT2D eigenvalue weighted by atomic mass is 79.9. The molecule has 4 nitrogen and oxygen atoms in total. The summed E-state index contributed by atoms with van der Waals surface area (Å²) in [5, 5.41) is 19.8. The van der Waals surface area contributed by atoms with Gasteiger partial charge in [-0.25, -0.2) is 0 Å². The molecule has 0 aliphatic rings. The Morgan fingerprint density at radius 1 is 0.529 bits per heavy atom. The Labute approximate surface area is 214 Å². The van der Waals surface area contributed by atoms with E-state index in [4.69, 9.17) is 0 Å². The van der Waals surface area contributed by atoms with Gasteiger partial charge in [0.15, 0.2) is 0 Å². The third-order valence-electron chi connectivity index (χ3n) is 4.94. The fourth-order valence-electron chi connectivity index (χ4n) is 3.08. The van der Waals surface area contributed by atoms with Crippen molar-refractivity contribution in [3.63, 3.8) is 0 Å². The minimum atomic E-state index is 0.189. The Morgan fingerprint density at radius 2 is 0.912 bits per heavy atom. The highest BCUT2D eigenvalue weighted by Gasteiger charge is 2.00. The molecule has 0 bridgehead atoms. The van der Waals surface area contributed by atoms with Gasteiger partial charge in [0.1, 0.15) is 11.5 Å². The van der Waals surface area contributed by atoms with E-state index in [1.54, 1.807) is 36.7 Å². The van der Waals surface area contributed by atoms with Crippen LogP contribution in [-0.2, 0) is 0 Å². The van der Waals surface area contributed by atoms with Gasteiger partial charge in [-0.2, -0.15) is 0 Å². The summed E-state index contributed by atoms with van der Waals surface area (Å²) >= 11 is 6.79. The van der Waals surface area contributed by atoms with Crippen LogP contribution in [0.1, 0.15) is 22.3 Å². The van der Waals surface area contributed by atoms with E-state index in [2.05, 4.69) is 41.8 Å². The Bertz CT molecular complexity index is 1270. The quantitative estimate of drug-likeness (QED) is 0.179. The molecular formula is C28H20Br2N2O2. The lowest BCUT2D eigenvalue weighted by Crippen LogP contribution is -1.82. The Balaban J connectivity index is 1.38. The second-order valence-corrected chi connectivity index (χ2v) is 9.27. The van der Waals surface area contributed by atoms with Crippen LogP contribution in [0.5, 0.6) is 11.5 Å². The van der Waals surface area contributed by atoms with Crippen LogP contribution in [0.25, 0.3) is 12.2 Å². The molecule has 0 saturated carbocycles. The Kier molecular flexibility index (Phi) is 7.72. The maximum atomic E-state index is 9.91. The van der Waals surface area contributed by atoms with E-state index >= 15 is 0 Å². The molecule has 0 atom stereocenters. The van der Waals surface area contributed by atoms with Crippen LogP contribution in [0.15, 0.2) is 104 Å². The summed E-state index contributed by atoms with van der Waals surface area (Å²) in [6, 6.07) is 26.2. The lowest BCUT2D eigenvalue weighted by molar-refractivity contribution is 0.474. The zero-order valence-electron chi connectivity index (χ0n) is 17.9. The second-order valence-electron chi connectivity index (χ2n) is 7.44. The largest absolute Gasteiger partial charge is 0.507 e. The number of halogens is 2. The average Bonchev–Trinajstić information content (AvgIpc) is 2.85. The number of phenols is 2. The highest BCUT2D eigenvalue weighted by Crippen LogP contribution is 2.23. The maximum Gasteiger partial charge on any atom is 0.124 e. The third-order valence-corrected chi connectivity index (χ3v) is 5.93. The van der Waals surface area contributed by atoms with Crippen molar-refractivity contribution in [1.29, 1.82) is 0 Å². The van der Waals surface area contributed by atoms with Crippen molar-refractivity contribution in [1.82, 2.24) is 0 Å². The minimum absolute atomic E-state index is 0.189. The molecule has 0 aromatic heterocycles. The fourth-order valence-corrected chi connectivity index (χ4v) is 3.84. The fraction of sp³-hybridized carbons (Fsp3) is 0. The molecule has 0 spiro atoms. The molecule has 0 unspecified atom stereocenters. The van der Waals surface area contributed by atoms with Crippen LogP contribution < -0.4 is 0 Å². The van der Waals surface area contributed by atoms with Gasteiger partial charge in [0.2, 0.25) is 0 Å². The molecule has 2 N–H and O–H groups in total. The second kappa shape index (κ2) is 11.1. The van der Waals surface area contributed by atoms with E-state index in [1.165, 1.54) is 0 Å². The number of phenolic OH excluding ortho intramolecular Hbond substituents is 2. The molecule has 168 valence electrons. The summed E-state index contributed by atoms with van der Waals surface area (Å²) in [6.07, 6.45) is 7.36. The first-order chi connectivity index (χ1) is 16.5. The first kappa shape index (κ1) is 23.7. The summed E-state index contributed by atoms with van der Waals surface area (Å²) in [6.45, 7) is 0. The van der Waals surface area contributed by atoms with Gasteiger partial charge < -0.3 is 10.2 Å². The summed E-state index contributed by atoms with van der Waals surface area (Å²) in [4.78, 5) is 8.87.